The average Bonchev–Trinajstić information content (AvgIpc) is 2.80. The van der Waals surface area contributed by atoms with Gasteiger partial charge in [-0.05, 0) is 76.4 Å². The van der Waals surface area contributed by atoms with E-state index in [1.165, 1.54) is 12.1 Å². The van der Waals surface area contributed by atoms with E-state index in [1.54, 1.807) is 6.07 Å². The molecule has 0 saturated heterocycles. The van der Waals surface area contributed by atoms with Gasteiger partial charge in [-0.25, -0.2) is 4.39 Å². The van der Waals surface area contributed by atoms with Crippen LogP contribution in [0, 0.1) is 16.6 Å². The van der Waals surface area contributed by atoms with E-state index in [2.05, 4.69) is 71.4 Å². The first kappa shape index (κ1) is 28.3. The molecule has 0 bridgehead atoms. The largest absolute Gasteiger partial charge is 0.487 e. The summed E-state index contributed by atoms with van der Waals surface area (Å²) in [6, 6.07) is 10.2. The molecule has 39 heavy (non-hydrogen) atoms. The normalized spacial score (nSPS) is 20.8. The molecule has 0 saturated carbocycles. The van der Waals surface area contributed by atoms with Crippen LogP contribution in [0.15, 0.2) is 67.9 Å². The zero-order valence-electron chi connectivity index (χ0n) is 23.1. The Morgan fingerprint density at radius 2 is 1.51 bits per heavy atom. The first-order chi connectivity index (χ1) is 18.3. The van der Waals surface area contributed by atoms with Crippen LogP contribution in [-0.2, 0) is 16.2 Å². The van der Waals surface area contributed by atoms with Crippen LogP contribution in [0.1, 0.15) is 77.3 Å². The molecular weight excluding hydrogens is 625 g/mol. The molecule has 2 aromatic rings. The van der Waals surface area contributed by atoms with Crippen molar-refractivity contribution in [3.05, 3.63) is 84.8 Å². The highest BCUT2D eigenvalue weighted by Gasteiger charge is 2.49. The van der Waals surface area contributed by atoms with Gasteiger partial charge in [0.1, 0.15) is 18.2 Å². The molecule has 206 valence electrons. The molecule has 2 aliphatic carbocycles. The van der Waals surface area contributed by atoms with E-state index in [4.69, 9.17) is 4.74 Å². The average molecular weight is 659 g/mol. The number of nitrogens with zero attached hydrogens (tertiary/aromatic N) is 1. The SMILES string of the molecule is CCN1C2=C(C(=O)CC(C)(C)C2)C(c2cc(Br)cc(Br)c2OCc2cccc(F)c2)C2=C1CC(C)(C)CC2=O. The summed E-state index contributed by atoms with van der Waals surface area (Å²) < 4.78 is 21.8. The van der Waals surface area contributed by atoms with E-state index < -0.39 is 5.92 Å². The standard InChI is InChI=1S/C32H34Br2FNO3/c1-6-36-23-13-31(2,3)15-25(37)28(23)27(29-24(36)14-32(4,5)16-26(29)38)21-11-19(33)12-22(34)30(21)39-17-18-8-7-9-20(35)10-18/h7-12,27H,6,13-17H2,1-5H3. The predicted molar refractivity (Wildman–Crippen MR) is 158 cm³/mol. The van der Waals surface area contributed by atoms with E-state index >= 15 is 0 Å². The predicted octanol–water partition coefficient (Wildman–Crippen LogP) is 8.64. The number of carbonyl (C=O) groups excluding carboxylic acids is 2. The second-order valence-corrected chi connectivity index (χ2v) is 14.3. The number of allylic oxidation sites excluding steroid dienone is 4. The lowest BCUT2D eigenvalue weighted by Gasteiger charge is -2.49. The number of hydrogen-bond acceptors (Lipinski definition) is 4. The zero-order valence-corrected chi connectivity index (χ0v) is 26.3. The Bertz CT molecular complexity index is 1380. The fourth-order valence-corrected chi connectivity index (χ4v) is 7.84. The summed E-state index contributed by atoms with van der Waals surface area (Å²) >= 11 is 7.32. The highest BCUT2D eigenvalue weighted by molar-refractivity contribution is 9.11. The maximum absolute atomic E-state index is 14.0. The number of halogens is 3. The molecule has 7 heteroatoms. The van der Waals surface area contributed by atoms with Crippen molar-refractivity contribution < 1.29 is 18.7 Å². The molecule has 1 heterocycles. The first-order valence-corrected chi connectivity index (χ1v) is 15.0. The van der Waals surface area contributed by atoms with Crippen LogP contribution in [0.4, 0.5) is 4.39 Å². The summed E-state index contributed by atoms with van der Waals surface area (Å²) in [6.07, 6.45) is 2.38. The van der Waals surface area contributed by atoms with Gasteiger partial charge in [0.05, 0.1) is 4.47 Å². The lowest BCUT2D eigenvalue weighted by Crippen LogP contribution is -2.44. The van der Waals surface area contributed by atoms with Crippen LogP contribution in [-0.4, -0.2) is 23.0 Å². The minimum absolute atomic E-state index is 0.0843. The molecule has 0 radical (unpaired) electrons. The number of ether oxygens (including phenoxy) is 1. The fraction of sp³-hybridized carbons (Fsp3) is 0.438. The Kier molecular flexibility index (Phi) is 7.47. The Labute approximate surface area is 246 Å². The van der Waals surface area contributed by atoms with Crippen LogP contribution in [0.2, 0.25) is 0 Å². The summed E-state index contributed by atoms with van der Waals surface area (Å²) in [6.45, 7) is 11.5. The van der Waals surface area contributed by atoms with Gasteiger partial charge in [-0.15, -0.1) is 0 Å². The van der Waals surface area contributed by atoms with Gasteiger partial charge >= 0.3 is 0 Å². The summed E-state index contributed by atoms with van der Waals surface area (Å²) in [5, 5.41) is 0. The first-order valence-electron chi connectivity index (χ1n) is 13.5. The van der Waals surface area contributed by atoms with E-state index in [0.717, 1.165) is 34.3 Å². The van der Waals surface area contributed by atoms with Crippen molar-refractivity contribution >= 4 is 43.4 Å². The van der Waals surface area contributed by atoms with Crippen LogP contribution in [0.5, 0.6) is 5.75 Å². The molecule has 0 N–H and O–H groups in total. The van der Waals surface area contributed by atoms with E-state index in [1.807, 2.05) is 18.2 Å². The molecule has 0 spiro atoms. The maximum atomic E-state index is 14.0. The fourth-order valence-electron chi connectivity index (χ4n) is 6.47. The summed E-state index contributed by atoms with van der Waals surface area (Å²) in [7, 11) is 0. The molecule has 2 aromatic carbocycles. The number of carbonyl (C=O) groups is 2. The van der Waals surface area contributed by atoms with E-state index in [0.29, 0.717) is 46.3 Å². The van der Waals surface area contributed by atoms with Crippen molar-refractivity contribution in [3.63, 3.8) is 0 Å². The quantitative estimate of drug-likeness (QED) is 0.323. The van der Waals surface area contributed by atoms with Gasteiger partial charge in [-0.2, -0.15) is 0 Å². The summed E-state index contributed by atoms with van der Waals surface area (Å²) in [5.41, 5.74) is 4.60. The van der Waals surface area contributed by atoms with Crippen molar-refractivity contribution in [2.75, 3.05) is 6.54 Å². The third kappa shape index (κ3) is 5.41. The van der Waals surface area contributed by atoms with Crippen molar-refractivity contribution in [2.24, 2.45) is 10.8 Å². The molecule has 5 rings (SSSR count). The Morgan fingerprint density at radius 3 is 2.05 bits per heavy atom. The van der Waals surface area contributed by atoms with Gasteiger partial charge in [-0.3, -0.25) is 9.59 Å². The molecule has 4 nitrogen and oxygen atoms in total. The van der Waals surface area contributed by atoms with Gasteiger partial charge in [0, 0.05) is 57.9 Å². The topological polar surface area (TPSA) is 46.6 Å². The molecule has 3 aliphatic rings. The van der Waals surface area contributed by atoms with Gasteiger partial charge < -0.3 is 9.64 Å². The Balaban J connectivity index is 1.73. The van der Waals surface area contributed by atoms with Crippen molar-refractivity contribution in [1.82, 2.24) is 4.90 Å². The number of rotatable bonds is 5. The van der Waals surface area contributed by atoms with Crippen molar-refractivity contribution in [3.8, 4) is 5.75 Å². The monoisotopic (exact) mass is 657 g/mol. The van der Waals surface area contributed by atoms with Gasteiger partial charge in [0.15, 0.2) is 11.6 Å². The summed E-state index contributed by atoms with van der Waals surface area (Å²) in [5.74, 6) is -0.122. The maximum Gasteiger partial charge on any atom is 0.162 e. The Hall–Kier alpha value is -2.25. The van der Waals surface area contributed by atoms with Crippen LogP contribution >= 0.6 is 31.9 Å². The molecule has 0 aromatic heterocycles. The smallest absolute Gasteiger partial charge is 0.162 e. The zero-order chi connectivity index (χ0) is 28.3. The van der Waals surface area contributed by atoms with Crippen LogP contribution in [0.25, 0.3) is 0 Å². The number of hydrogen-bond donors (Lipinski definition) is 0. The minimum atomic E-state index is -0.527. The second-order valence-electron chi connectivity index (χ2n) is 12.5. The molecule has 1 aliphatic heterocycles. The van der Waals surface area contributed by atoms with Crippen LogP contribution in [0.3, 0.4) is 0 Å². The van der Waals surface area contributed by atoms with Gasteiger partial charge in [0.25, 0.3) is 0 Å². The van der Waals surface area contributed by atoms with E-state index in [-0.39, 0.29) is 34.8 Å². The van der Waals surface area contributed by atoms with Gasteiger partial charge in [-0.1, -0.05) is 55.8 Å². The molecular formula is C32H34Br2FNO3. The second kappa shape index (κ2) is 10.3. The molecule has 0 atom stereocenters. The van der Waals surface area contributed by atoms with Crippen LogP contribution < -0.4 is 4.74 Å². The van der Waals surface area contributed by atoms with E-state index in [9.17, 15) is 14.0 Å². The summed E-state index contributed by atoms with van der Waals surface area (Å²) in [4.78, 5) is 30.2. The third-order valence-corrected chi connectivity index (χ3v) is 9.01. The highest BCUT2D eigenvalue weighted by atomic mass is 79.9. The van der Waals surface area contributed by atoms with Crippen molar-refractivity contribution in [2.45, 2.75) is 72.8 Å². The van der Waals surface area contributed by atoms with Gasteiger partial charge in [0.2, 0.25) is 0 Å². The molecule has 0 unspecified atom stereocenters. The minimum Gasteiger partial charge on any atom is -0.487 e. The lowest BCUT2D eigenvalue weighted by molar-refractivity contribution is -0.119. The third-order valence-electron chi connectivity index (χ3n) is 7.96. The molecule has 0 amide bonds. The number of Topliss-reactive ketones (excluding diaryl/α,β-unsaturated/α-hetero) is 2. The number of benzene rings is 2. The highest BCUT2D eigenvalue weighted by Crippen LogP contribution is 2.56. The molecule has 0 fully saturated rings. The lowest BCUT2D eigenvalue weighted by atomic mass is 9.63. The van der Waals surface area contributed by atoms with Crippen molar-refractivity contribution in [1.29, 1.82) is 0 Å². The Morgan fingerprint density at radius 1 is 0.923 bits per heavy atom. The number of ketones is 2.